The standard InChI is InChI=1S/C16H12BrCl2NO/c17-10-2-1-3-13(6-10)20-16(21)15-8-14(15)9-4-11(18)7-12(19)5-9/h1-7,14-15H,8H2,(H,20,21). The molecule has 21 heavy (non-hydrogen) atoms. The van der Waals surface area contributed by atoms with Crippen LogP contribution < -0.4 is 5.32 Å². The summed E-state index contributed by atoms with van der Waals surface area (Å²) >= 11 is 15.4. The zero-order valence-electron chi connectivity index (χ0n) is 10.9. The number of hydrogen-bond donors (Lipinski definition) is 1. The van der Waals surface area contributed by atoms with E-state index in [0.717, 1.165) is 22.1 Å². The van der Waals surface area contributed by atoms with Crippen molar-refractivity contribution in [2.45, 2.75) is 12.3 Å². The third kappa shape index (κ3) is 3.60. The first-order valence-electron chi connectivity index (χ1n) is 6.55. The van der Waals surface area contributed by atoms with Gasteiger partial charge in [-0.15, -0.1) is 0 Å². The van der Waals surface area contributed by atoms with E-state index in [-0.39, 0.29) is 17.7 Å². The monoisotopic (exact) mass is 383 g/mol. The molecule has 0 radical (unpaired) electrons. The number of hydrogen-bond acceptors (Lipinski definition) is 1. The fourth-order valence-corrected chi connectivity index (χ4v) is 3.39. The van der Waals surface area contributed by atoms with Gasteiger partial charge in [0.25, 0.3) is 0 Å². The molecule has 2 atom stereocenters. The van der Waals surface area contributed by atoms with E-state index in [1.54, 1.807) is 6.07 Å². The van der Waals surface area contributed by atoms with Crippen LogP contribution in [0.15, 0.2) is 46.9 Å². The van der Waals surface area contributed by atoms with Gasteiger partial charge in [-0.3, -0.25) is 4.79 Å². The summed E-state index contributed by atoms with van der Waals surface area (Å²) in [6.45, 7) is 0. The number of benzene rings is 2. The van der Waals surface area contributed by atoms with Crippen molar-refractivity contribution in [1.82, 2.24) is 0 Å². The average molecular weight is 385 g/mol. The summed E-state index contributed by atoms with van der Waals surface area (Å²) in [6.07, 6.45) is 0.830. The van der Waals surface area contributed by atoms with Crippen LogP contribution >= 0.6 is 39.1 Å². The fraction of sp³-hybridized carbons (Fsp3) is 0.188. The number of rotatable bonds is 3. The van der Waals surface area contributed by atoms with Crippen molar-refractivity contribution in [3.05, 3.63) is 62.5 Å². The third-order valence-corrected chi connectivity index (χ3v) is 4.46. The topological polar surface area (TPSA) is 29.1 Å². The molecule has 1 N–H and O–H groups in total. The molecule has 1 aliphatic carbocycles. The first-order chi connectivity index (χ1) is 10.0. The number of nitrogens with one attached hydrogen (secondary N) is 1. The van der Waals surface area contributed by atoms with Gasteiger partial charge in [0.1, 0.15) is 0 Å². The number of anilines is 1. The molecule has 0 aromatic heterocycles. The van der Waals surface area contributed by atoms with Crippen LogP contribution in [0.4, 0.5) is 5.69 Å². The summed E-state index contributed by atoms with van der Waals surface area (Å²) in [5, 5.41) is 4.15. The van der Waals surface area contributed by atoms with Crippen LogP contribution in [-0.4, -0.2) is 5.91 Å². The molecule has 0 aliphatic heterocycles. The molecular formula is C16H12BrCl2NO. The number of amides is 1. The van der Waals surface area contributed by atoms with Crippen molar-refractivity contribution in [1.29, 1.82) is 0 Å². The number of carbonyl (C=O) groups excluding carboxylic acids is 1. The van der Waals surface area contributed by atoms with Gasteiger partial charge in [-0.1, -0.05) is 45.2 Å². The Morgan fingerprint density at radius 1 is 1.14 bits per heavy atom. The molecule has 1 aliphatic rings. The van der Waals surface area contributed by atoms with Gasteiger partial charge in [0.15, 0.2) is 0 Å². The van der Waals surface area contributed by atoms with Gasteiger partial charge in [0.05, 0.1) is 0 Å². The molecule has 0 heterocycles. The maximum Gasteiger partial charge on any atom is 0.228 e. The van der Waals surface area contributed by atoms with E-state index >= 15 is 0 Å². The maximum atomic E-state index is 12.2. The van der Waals surface area contributed by atoms with Crippen LogP contribution in [-0.2, 0) is 4.79 Å². The predicted octanol–water partition coefficient (Wildman–Crippen LogP) is 5.50. The van der Waals surface area contributed by atoms with E-state index in [0.29, 0.717) is 10.0 Å². The van der Waals surface area contributed by atoms with Crippen LogP contribution in [0.5, 0.6) is 0 Å². The van der Waals surface area contributed by atoms with E-state index in [9.17, 15) is 4.79 Å². The van der Waals surface area contributed by atoms with E-state index in [2.05, 4.69) is 21.2 Å². The normalized spacial score (nSPS) is 20.1. The van der Waals surface area contributed by atoms with Crippen molar-refractivity contribution in [3.8, 4) is 0 Å². The Morgan fingerprint density at radius 2 is 1.86 bits per heavy atom. The molecule has 108 valence electrons. The SMILES string of the molecule is O=C(Nc1cccc(Br)c1)C1CC1c1cc(Cl)cc(Cl)c1. The van der Waals surface area contributed by atoms with Crippen LogP contribution in [0.25, 0.3) is 0 Å². The summed E-state index contributed by atoms with van der Waals surface area (Å²) in [6, 6.07) is 13.0. The largest absolute Gasteiger partial charge is 0.326 e. The lowest BCUT2D eigenvalue weighted by Crippen LogP contribution is -2.14. The fourth-order valence-electron chi connectivity index (χ4n) is 2.44. The van der Waals surface area contributed by atoms with Gasteiger partial charge in [-0.2, -0.15) is 0 Å². The predicted molar refractivity (Wildman–Crippen MR) is 90.1 cm³/mol. The van der Waals surface area contributed by atoms with Crippen molar-refractivity contribution in [2.75, 3.05) is 5.32 Å². The maximum absolute atomic E-state index is 12.2. The highest BCUT2D eigenvalue weighted by molar-refractivity contribution is 9.10. The van der Waals surface area contributed by atoms with E-state index in [1.807, 2.05) is 36.4 Å². The second-order valence-electron chi connectivity index (χ2n) is 5.15. The molecule has 0 bridgehead atoms. The Balaban J connectivity index is 1.68. The smallest absolute Gasteiger partial charge is 0.228 e. The second-order valence-corrected chi connectivity index (χ2v) is 6.94. The zero-order chi connectivity index (χ0) is 15.0. The zero-order valence-corrected chi connectivity index (χ0v) is 14.0. The van der Waals surface area contributed by atoms with Crippen LogP contribution in [0.2, 0.25) is 10.0 Å². The Kier molecular flexibility index (Phi) is 4.25. The highest BCUT2D eigenvalue weighted by Gasteiger charge is 2.44. The summed E-state index contributed by atoms with van der Waals surface area (Å²) in [4.78, 5) is 12.2. The number of halogens is 3. The molecule has 1 saturated carbocycles. The lowest BCUT2D eigenvalue weighted by atomic mass is 10.1. The highest BCUT2D eigenvalue weighted by atomic mass is 79.9. The molecule has 3 rings (SSSR count). The molecule has 1 amide bonds. The minimum Gasteiger partial charge on any atom is -0.326 e. The van der Waals surface area contributed by atoms with Crippen molar-refractivity contribution < 1.29 is 4.79 Å². The summed E-state index contributed by atoms with van der Waals surface area (Å²) in [7, 11) is 0. The van der Waals surface area contributed by atoms with Gasteiger partial charge in [0, 0.05) is 26.1 Å². The molecule has 2 unspecified atom stereocenters. The van der Waals surface area contributed by atoms with Crippen LogP contribution in [0.3, 0.4) is 0 Å². The van der Waals surface area contributed by atoms with Crippen molar-refractivity contribution in [2.24, 2.45) is 5.92 Å². The van der Waals surface area contributed by atoms with E-state index < -0.39 is 0 Å². The first-order valence-corrected chi connectivity index (χ1v) is 8.10. The summed E-state index contributed by atoms with van der Waals surface area (Å²) in [5.74, 6) is 0.223. The summed E-state index contributed by atoms with van der Waals surface area (Å²) < 4.78 is 0.939. The average Bonchev–Trinajstić information content (AvgIpc) is 3.17. The molecule has 1 fully saturated rings. The first kappa shape index (κ1) is 14.9. The van der Waals surface area contributed by atoms with Gasteiger partial charge < -0.3 is 5.32 Å². The lowest BCUT2D eigenvalue weighted by Gasteiger charge is -2.06. The number of carbonyl (C=O) groups is 1. The molecule has 5 heteroatoms. The Bertz CT molecular complexity index is 684. The minimum absolute atomic E-state index is 0.0153. The molecule has 2 aromatic carbocycles. The van der Waals surface area contributed by atoms with Crippen LogP contribution in [0.1, 0.15) is 17.9 Å². The van der Waals surface area contributed by atoms with E-state index in [1.165, 1.54) is 0 Å². The Hall–Kier alpha value is -1.03. The van der Waals surface area contributed by atoms with Gasteiger partial charge in [-0.25, -0.2) is 0 Å². The highest BCUT2D eigenvalue weighted by Crippen LogP contribution is 2.49. The van der Waals surface area contributed by atoms with E-state index in [4.69, 9.17) is 23.2 Å². The minimum atomic E-state index is -0.0153. The lowest BCUT2D eigenvalue weighted by molar-refractivity contribution is -0.117. The molecular weight excluding hydrogens is 373 g/mol. The van der Waals surface area contributed by atoms with Gasteiger partial charge >= 0.3 is 0 Å². The summed E-state index contributed by atoms with van der Waals surface area (Å²) in [5.41, 5.74) is 1.83. The quantitative estimate of drug-likeness (QED) is 0.743. The van der Waals surface area contributed by atoms with Gasteiger partial charge in [-0.05, 0) is 54.3 Å². The third-order valence-electron chi connectivity index (χ3n) is 3.53. The second kappa shape index (κ2) is 5.99. The molecule has 2 nitrogen and oxygen atoms in total. The van der Waals surface area contributed by atoms with Crippen molar-refractivity contribution in [3.63, 3.8) is 0 Å². The van der Waals surface area contributed by atoms with Crippen molar-refractivity contribution >= 4 is 50.7 Å². The molecule has 2 aromatic rings. The molecule has 0 spiro atoms. The van der Waals surface area contributed by atoms with Crippen LogP contribution in [0, 0.1) is 5.92 Å². The molecule has 0 saturated heterocycles. The Labute approximate surface area is 141 Å². The Morgan fingerprint density at radius 3 is 2.52 bits per heavy atom. The van der Waals surface area contributed by atoms with Gasteiger partial charge in [0.2, 0.25) is 5.91 Å².